The first-order valence-electron chi connectivity index (χ1n) is 10.0. The minimum Gasteiger partial charge on any atom is -0.505 e. The third kappa shape index (κ3) is 7.46. The number of carbonyl (C=O) groups is 2. The number of pyridine rings is 1. The fraction of sp³-hybridized carbons (Fsp3) is 0.0909. The molecule has 0 saturated heterocycles. The summed E-state index contributed by atoms with van der Waals surface area (Å²) in [6.07, 6.45) is 2.72. The van der Waals surface area contributed by atoms with Gasteiger partial charge in [-0.1, -0.05) is 22.0 Å². The number of hydrogen-bond donors (Lipinski definition) is 4. The first-order valence-corrected chi connectivity index (χ1v) is 14.0. The number of fused-ring (bicyclic) bond motifs is 1. The molecule has 0 atom stereocenters. The Morgan fingerprint density at radius 2 is 1.72 bits per heavy atom. The van der Waals surface area contributed by atoms with Gasteiger partial charge in [0.2, 0.25) is 5.91 Å². The van der Waals surface area contributed by atoms with E-state index in [0.717, 1.165) is 21.2 Å². The van der Waals surface area contributed by atoms with Crippen molar-refractivity contribution in [2.75, 3.05) is 10.0 Å². The number of anilines is 2. The number of aromatic nitrogens is 2. The van der Waals surface area contributed by atoms with Gasteiger partial charge in [0.1, 0.15) is 5.52 Å². The molecule has 4 N–H and O–H groups in total. The smallest absolute Gasteiger partial charge is 0.303 e. The molecule has 36 heavy (non-hydrogen) atoms. The van der Waals surface area contributed by atoms with Crippen LogP contribution in [-0.4, -0.2) is 40.5 Å². The minimum atomic E-state index is -3.74. The maximum Gasteiger partial charge on any atom is 0.303 e. The lowest BCUT2D eigenvalue weighted by Gasteiger charge is -2.07. The van der Waals surface area contributed by atoms with Gasteiger partial charge in [-0.15, -0.1) is 11.3 Å². The van der Waals surface area contributed by atoms with Gasteiger partial charge in [-0.05, 0) is 52.3 Å². The van der Waals surface area contributed by atoms with E-state index in [9.17, 15) is 23.1 Å². The third-order valence-electron chi connectivity index (χ3n) is 4.44. The molecular weight excluding hydrogens is 640 g/mol. The lowest BCUT2D eigenvalue weighted by atomic mass is 10.2. The van der Waals surface area contributed by atoms with Crippen molar-refractivity contribution in [2.24, 2.45) is 0 Å². The number of aromatic hydroxyl groups is 1. The molecule has 2 heterocycles. The second-order valence-corrected chi connectivity index (χ2v) is 11.3. The first kappa shape index (κ1) is 27.5. The highest BCUT2D eigenvalue weighted by Crippen LogP contribution is 2.35. The molecule has 2 aromatic heterocycles. The molecule has 0 saturated carbocycles. The molecule has 0 aliphatic heterocycles. The summed E-state index contributed by atoms with van der Waals surface area (Å²) in [5.74, 6) is -1.34. The molecule has 4 rings (SSSR count). The number of benzene rings is 2. The Balaban J connectivity index is 0.000000233. The second kappa shape index (κ2) is 12.3. The van der Waals surface area contributed by atoms with Crippen LogP contribution in [0.4, 0.5) is 10.8 Å². The zero-order chi connectivity index (χ0) is 26.3. The van der Waals surface area contributed by atoms with Crippen molar-refractivity contribution in [3.8, 4) is 5.75 Å². The van der Waals surface area contributed by atoms with Gasteiger partial charge in [-0.25, -0.2) is 13.4 Å². The average molecular weight is 658 g/mol. The van der Waals surface area contributed by atoms with Crippen LogP contribution in [0.5, 0.6) is 5.75 Å². The van der Waals surface area contributed by atoms with Crippen LogP contribution in [0.2, 0.25) is 0 Å². The maximum atomic E-state index is 12.1. The van der Waals surface area contributed by atoms with Gasteiger partial charge in [-0.2, -0.15) is 0 Å². The lowest BCUT2D eigenvalue weighted by molar-refractivity contribution is -0.138. The van der Waals surface area contributed by atoms with Gasteiger partial charge >= 0.3 is 5.97 Å². The van der Waals surface area contributed by atoms with Gasteiger partial charge in [0, 0.05) is 39.7 Å². The molecule has 14 heteroatoms. The van der Waals surface area contributed by atoms with Crippen LogP contribution in [0, 0.1) is 0 Å². The molecule has 0 aliphatic carbocycles. The van der Waals surface area contributed by atoms with E-state index in [2.05, 4.69) is 51.9 Å². The number of amides is 1. The number of sulfonamides is 1. The Hall–Kier alpha value is -3.07. The molecule has 0 radical (unpaired) electrons. The SMILES string of the molecule is O=C(O)CCC(=O)Nc1ccc(S(=O)(=O)Nc2nccs2)cc1.Oc1c(Br)cc(Br)c2cccnc12. The maximum absolute atomic E-state index is 12.1. The van der Waals surface area contributed by atoms with E-state index >= 15 is 0 Å². The number of carbonyl (C=O) groups excluding carboxylic acids is 1. The Morgan fingerprint density at radius 3 is 2.36 bits per heavy atom. The summed E-state index contributed by atoms with van der Waals surface area (Å²) in [5.41, 5.74) is 0.984. The fourth-order valence-corrected chi connectivity index (χ4v) is 5.83. The van der Waals surface area contributed by atoms with Crippen molar-refractivity contribution in [3.05, 3.63) is 69.2 Å². The van der Waals surface area contributed by atoms with Crippen LogP contribution >= 0.6 is 43.2 Å². The van der Waals surface area contributed by atoms with Crippen LogP contribution in [-0.2, 0) is 19.6 Å². The van der Waals surface area contributed by atoms with Crippen LogP contribution < -0.4 is 10.0 Å². The predicted octanol–water partition coefficient (Wildman–Crippen LogP) is 5.21. The van der Waals surface area contributed by atoms with Gasteiger partial charge in [0.25, 0.3) is 10.0 Å². The Kier molecular flexibility index (Phi) is 9.37. The lowest BCUT2D eigenvalue weighted by Crippen LogP contribution is -2.14. The van der Waals surface area contributed by atoms with Crippen molar-refractivity contribution in [2.45, 2.75) is 17.7 Å². The summed E-state index contributed by atoms with van der Waals surface area (Å²) >= 11 is 7.81. The summed E-state index contributed by atoms with van der Waals surface area (Å²) in [6, 6.07) is 11.1. The molecule has 1 amide bonds. The number of nitrogens with zero attached hydrogens (tertiary/aromatic N) is 2. The van der Waals surface area contributed by atoms with E-state index in [1.54, 1.807) is 17.6 Å². The van der Waals surface area contributed by atoms with Crippen LogP contribution in [0.25, 0.3) is 10.9 Å². The molecule has 0 spiro atoms. The summed E-state index contributed by atoms with van der Waals surface area (Å²) in [7, 11) is -3.74. The van der Waals surface area contributed by atoms with E-state index < -0.39 is 21.9 Å². The highest BCUT2D eigenvalue weighted by atomic mass is 79.9. The number of phenolic OH excluding ortho intramolecular Hbond substituents is 1. The fourth-order valence-electron chi connectivity index (χ4n) is 2.77. The van der Waals surface area contributed by atoms with Crippen molar-refractivity contribution in [1.29, 1.82) is 0 Å². The molecule has 2 aromatic carbocycles. The molecule has 0 unspecified atom stereocenters. The topological polar surface area (TPSA) is 159 Å². The normalized spacial score (nSPS) is 10.8. The van der Waals surface area contributed by atoms with E-state index in [1.165, 1.54) is 30.5 Å². The molecule has 0 fully saturated rings. The number of carboxylic acid groups (broad SMARTS) is 1. The summed E-state index contributed by atoms with van der Waals surface area (Å²) in [6.45, 7) is 0. The number of nitrogens with one attached hydrogen (secondary N) is 2. The Morgan fingerprint density at radius 1 is 1.00 bits per heavy atom. The quantitative estimate of drug-likeness (QED) is 0.211. The van der Waals surface area contributed by atoms with Crippen molar-refractivity contribution < 1.29 is 28.2 Å². The van der Waals surface area contributed by atoms with Gasteiger partial charge < -0.3 is 15.5 Å². The summed E-state index contributed by atoms with van der Waals surface area (Å²) in [5, 5.41) is 23.5. The molecule has 10 nitrogen and oxygen atoms in total. The zero-order valence-electron chi connectivity index (χ0n) is 18.2. The number of aliphatic carboxylic acids is 1. The summed E-state index contributed by atoms with van der Waals surface area (Å²) in [4.78, 5) is 29.8. The number of carboxylic acids is 1. The van der Waals surface area contributed by atoms with Gasteiger partial charge in [0.15, 0.2) is 10.9 Å². The van der Waals surface area contributed by atoms with Gasteiger partial charge in [0.05, 0.1) is 15.8 Å². The molecule has 4 aromatic rings. The van der Waals surface area contributed by atoms with E-state index in [-0.39, 0.29) is 28.6 Å². The van der Waals surface area contributed by atoms with Crippen molar-refractivity contribution in [1.82, 2.24) is 9.97 Å². The zero-order valence-corrected chi connectivity index (χ0v) is 23.0. The van der Waals surface area contributed by atoms with Crippen molar-refractivity contribution >= 4 is 86.8 Å². The van der Waals surface area contributed by atoms with E-state index in [4.69, 9.17) is 5.11 Å². The monoisotopic (exact) mass is 656 g/mol. The largest absolute Gasteiger partial charge is 0.505 e. The molecular formula is C22H18Br2N4O6S2. The second-order valence-electron chi connectivity index (χ2n) is 7.00. The number of thiazole rings is 1. The summed E-state index contributed by atoms with van der Waals surface area (Å²) < 4.78 is 28.1. The van der Waals surface area contributed by atoms with Crippen molar-refractivity contribution in [3.63, 3.8) is 0 Å². The third-order valence-corrected chi connectivity index (χ3v) is 7.87. The predicted molar refractivity (Wildman–Crippen MR) is 144 cm³/mol. The Bertz CT molecular complexity index is 1480. The number of rotatable bonds is 7. The highest BCUT2D eigenvalue weighted by Gasteiger charge is 2.15. The molecule has 0 aliphatic rings. The van der Waals surface area contributed by atoms with Crippen LogP contribution in [0.1, 0.15) is 12.8 Å². The Labute approximate surface area is 226 Å². The molecule has 188 valence electrons. The standard InChI is InChI=1S/C13H13N3O5S2.C9H5Br2NO/c17-11(5-6-12(18)19)15-9-1-3-10(4-2-9)23(20,21)16-13-14-7-8-22-13;10-6-4-7(11)9(13)8-5(6)2-1-3-12-8/h1-4,7-8H,5-6H2,(H,14,16)(H,15,17)(H,18,19);1-4,13H. The average Bonchev–Trinajstić information content (AvgIpc) is 3.34. The minimum absolute atomic E-state index is 0.0243. The number of halogens is 2. The van der Waals surface area contributed by atoms with E-state index in [1.807, 2.05) is 12.1 Å². The van der Waals surface area contributed by atoms with Crippen LogP contribution in [0.15, 0.2) is 74.1 Å². The van der Waals surface area contributed by atoms with Crippen LogP contribution in [0.3, 0.4) is 0 Å². The van der Waals surface area contributed by atoms with Gasteiger partial charge in [-0.3, -0.25) is 19.3 Å². The number of hydrogen-bond acceptors (Lipinski definition) is 8. The molecule has 0 bridgehead atoms. The first-order chi connectivity index (χ1) is 17.1. The highest BCUT2D eigenvalue weighted by molar-refractivity contribution is 9.11. The number of phenols is 1. The van der Waals surface area contributed by atoms with E-state index in [0.29, 0.717) is 15.7 Å².